The maximum absolute atomic E-state index is 12.7. The van der Waals surface area contributed by atoms with Crippen molar-refractivity contribution in [1.82, 2.24) is 9.97 Å². The zero-order valence-corrected chi connectivity index (χ0v) is 14.2. The number of carbonyl (C=O) groups excluding carboxylic acids is 1. The fourth-order valence-corrected chi connectivity index (χ4v) is 3.55. The summed E-state index contributed by atoms with van der Waals surface area (Å²) < 4.78 is 0. The normalized spacial score (nSPS) is 10.9. The van der Waals surface area contributed by atoms with E-state index in [1.54, 1.807) is 18.2 Å². The standard InChI is InChI=1S/C19H15N3O2S/c1-11-2-4-12(5-3-11)14-8-9-25-17(14)18(23)20-13-6-7-15-16(10-13)22-19(24)21-15/h2-10H,1H3,(H,20,23)(H2,21,22,24). The van der Waals surface area contributed by atoms with Gasteiger partial charge in [-0.3, -0.25) is 4.79 Å². The van der Waals surface area contributed by atoms with E-state index in [9.17, 15) is 9.59 Å². The number of aromatic amines is 2. The van der Waals surface area contributed by atoms with Gasteiger partial charge in [-0.1, -0.05) is 29.8 Å². The van der Waals surface area contributed by atoms with E-state index in [-0.39, 0.29) is 11.6 Å². The van der Waals surface area contributed by atoms with Crippen molar-refractivity contribution in [2.75, 3.05) is 5.32 Å². The summed E-state index contributed by atoms with van der Waals surface area (Å²) in [6.45, 7) is 2.03. The Labute approximate surface area is 147 Å². The molecule has 4 rings (SSSR count). The van der Waals surface area contributed by atoms with Crippen molar-refractivity contribution in [3.63, 3.8) is 0 Å². The molecule has 6 heteroatoms. The van der Waals surface area contributed by atoms with Gasteiger partial charge in [0.25, 0.3) is 5.91 Å². The van der Waals surface area contributed by atoms with E-state index < -0.39 is 0 Å². The second-order valence-electron chi connectivity index (χ2n) is 5.82. The Morgan fingerprint density at radius 2 is 1.76 bits per heavy atom. The van der Waals surface area contributed by atoms with Crippen molar-refractivity contribution in [3.05, 3.63) is 74.8 Å². The Kier molecular flexibility index (Phi) is 3.74. The zero-order valence-electron chi connectivity index (χ0n) is 13.4. The third kappa shape index (κ3) is 2.99. The average molecular weight is 349 g/mol. The molecule has 3 N–H and O–H groups in total. The molecule has 2 aromatic carbocycles. The minimum atomic E-state index is -0.265. The number of aromatic nitrogens is 2. The van der Waals surface area contributed by atoms with Gasteiger partial charge in [-0.15, -0.1) is 11.3 Å². The second-order valence-corrected chi connectivity index (χ2v) is 6.74. The lowest BCUT2D eigenvalue weighted by Crippen LogP contribution is -2.11. The summed E-state index contributed by atoms with van der Waals surface area (Å²) in [5.41, 5.74) is 4.85. The molecular weight excluding hydrogens is 334 g/mol. The number of anilines is 1. The van der Waals surface area contributed by atoms with Gasteiger partial charge in [-0.25, -0.2) is 4.79 Å². The summed E-state index contributed by atoms with van der Waals surface area (Å²) in [4.78, 5) is 30.1. The molecule has 0 aliphatic carbocycles. The molecule has 0 unspecified atom stereocenters. The number of benzene rings is 2. The van der Waals surface area contributed by atoms with Gasteiger partial charge in [0, 0.05) is 11.3 Å². The molecule has 5 nitrogen and oxygen atoms in total. The van der Waals surface area contributed by atoms with Crippen molar-refractivity contribution < 1.29 is 4.79 Å². The number of imidazole rings is 1. The highest BCUT2D eigenvalue weighted by molar-refractivity contribution is 7.12. The minimum absolute atomic E-state index is 0.164. The van der Waals surface area contributed by atoms with E-state index in [0.29, 0.717) is 21.6 Å². The molecule has 0 spiro atoms. The summed E-state index contributed by atoms with van der Waals surface area (Å²) in [7, 11) is 0. The fourth-order valence-electron chi connectivity index (χ4n) is 2.74. The van der Waals surface area contributed by atoms with Crippen LogP contribution in [0.25, 0.3) is 22.2 Å². The van der Waals surface area contributed by atoms with Crippen LogP contribution in [0.1, 0.15) is 15.2 Å². The predicted octanol–water partition coefficient (Wildman–Crippen LogP) is 4.15. The van der Waals surface area contributed by atoms with Crippen molar-refractivity contribution >= 4 is 34.0 Å². The van der Waals surface area contributed by atoms with E-state index >= 15 is 0 Å². The first kappa shape index (κ1) is 15.4. The van der Waals surface area contributed by atoms with Crippen LogP contribution in [0.5, 0.6) is 0 Å². The smallest absolute Gasteiger partial charge is 0.321 e. The third-order valence-corrected chi connectivity index (χ3v) is 4.92. The summed E-state index contributed by atoms with van der Waals surface area (Å²) in [6.07, 6.45) is 0. The number of H-pyrrole nitrogens is 2. The second kappa shape index (κ2) is 6.07. The van der Waals surface area contributed by atoms with Crippen LogP contribution in [0.2, 0.25) is 0 Å². The van der Waals surface area contributed by atoms with Crippen molar-refractivity contribution in [3.8, 4) is 11.1 Å². The average Bonchev–Trinajstić information content (AvgIpc) is 3.21. The van der Waals surface area contributed by atoms with E-state index in [0.717, 1.165) is 11.1 Å². The van der Waals surface area contributed by atoms with Crippen LogP contribution in [0.15, 0.2) is 58.7 Å². The zero-order chi connectivity index (χ0) is 17.4. The summed E-state index contributed by atoms with van der Waals surface area (Å²) >= 11 is 1.41. The lowest BCUT2D eigenvalue weighted by molar-refractivity contribution is 0.103. The molecule has 0 saturated heterocycles. The van der Waals surface area contributed by atoms with Gasteiger partial charge >= 0.3 is 5.69 Å². The lowest BCUT2D eigenvalue weighted by atomic mass is 10.0. The number of rotatable bonds is 3. The summed E-state index contributed by atoms with van der Waals surface area (Å²) in [5.74, 6) is -0.164. The molecule has 25 heavy (non-hydrogen) atoms. The predicted molar refractivity (Wildman–Crippen MR) is 101 cm³/mol. The molecule has 0 bridgehead atoms. The molecule has 0 radical (unpaired) electrons. The Balaban J connectivity index is 1.63. The minimum Gasteiger partial charge on any atom is -0.321 e. The highest BCUT2D eigenvalue weighted by Gasteiger charge is 2.15. The number of amides is 1. The Bertz CT molecular complexity index is 1120. The highest BCUT2D eigenvalue weighted by atomic mass is 32.1. The number of carbonyl (C=O) groups is 1. The van der Waals surface area contributed by atoms with Crippen LogP contribution in [0.4, 0.5) is 5.69 Å². The monoisotopic (exact) mass is 349 g/mol. The quantitative estimate of drug-likeness (QED) is 0.520. The van der Waals surface area contributed by atoms with Crippen LogP contribution in [0, 0.1) is 6.92 Å². The van der Waals surface area contributed by atoms with Crippen LogP contribution >= 0.6 is 11.3 Å². The topological polar surface area (TPSA) is 77.8 Å². The molecule has 0 saturated carbocycles. The van der Waals surface area contributed by atoms with Gasteiger partial charge in [0.05, 0.1) is 15.9 Å². The summed E-state index contributed by atoms with van der Waals surface area (Å²) in [6, 6.07) is 15.3. The largest absolute Gasteiger partial charge is 0.323 e. The number of nitrogens with one attached hydrogen (secondary N) is 3. The Morgan fingerprint density at radius 1 is 1.00 bits per heavy atom. The first-order chi connectivity index (χ1) is 12.1. The van der Waals surface area contributed by atoms with Gasteiger partial charge in [0.2, 0.25) is 0 Å². The maximum atomic E-state index is 12.7. The van der Waals surface area contributed by atoms with Crippen LogP contribution in [-0.4, -0.2) is 15.9 Å². The first-order valence-electron chi connectivity index (χ1n) is 7.78. The molecule has 1 amide bonds. The molecule has 124 valence electrons. The van der Waals surface area contributed by atoms with Gasteiger partial charge < -0.3 is 15.3 Å². The molecule has 0 atom stereocenters. The van der Waals surface area contributed by atoms with Crippen LogP contribution < -0.4 is 11.0 Å². The molecular formula is C19H15N3O2S. The number of hydrogen-bond acceptors (Lipinski definition) is 3. The van der Waals surface area contributed by atoms with Gasteiger partial charge in [0.15, 0.2) is 0 Å². The number of thiophene rings is 1. The third-order valence-electron chi connectivity index (χ3n) is 4.01. The van der Waals surface area contributed by atoms with Gasteiger partial charge in [0.1, 0.15) is 0 Å². The molecule has 0 aliphatic heterocycles. The SMILES string of the molecule is Cc1ccc(-c2ccsc2C(=O)Nc2ccc3[nH]c(=O)[nH]c3c2)cc1. The Hall–Kier alpha value is -3.12. The maximum Gasteiger partial charge on any atom is 0.323 e. The van der Waals surface area contributed by atoms with E-state index in [1.165, 1.54) is 16.9 Å². The van der Waals surface area contributed by atoms with E-state index in [2.05, 4.69) is 15.3 Å². The lowest BCUT2D eigenvalue weighted by Gasteiger charge is -2.07. The number of fused-ring (bicyclic) bond motifs is 1. The Morgan fingerprint density at radius 3 is 2.56 bits per heavy atom. The van der Waals surface area contributed by atoms with Gasteiger partial charge in [-0.05, 0) is 42.1 Å². The van der Waals surface area contributed by atoms with Crippen LogP contribution in [0.3, 0.4) is 0 Å². The molecule has 2 aromatic heterocycles. The highest BCUT2D eigenvalue weighted by Crippen LogP contribution is 2.29. The van der Waals surface area contributed by atoms with E-state index in [1.807, 2.05) is 42.6 Å². The summed E-state index contributed by atoms with van der Waals surface area (Å²) in [5, 5.41) is 4.82. The van der Waals surface area contributed by atoms with Crippen molar-refractivity contribution in [2.24, 2.45) is 0 Å². The number of aryl methyl sites for hydroxylation is 1. The molecule has 0 aliphatic rings. The fraction of sp³-hybridized carbons (Fsp3) is 0.0526. The van der Waals surface area contributed by atoms with Crippen LogP contribution in [-0.2, 0) is 0 Å². The van der Waals surface area contributed by atoms with E-state index in [4.69, 9.17) is 0 Å². The molecule has 2 heterocycles. The number of hydrogen-bond donors (Lipinski definition) is 3. The van der Waals surface area contributed by atoms with Crippen molar-refractivity contribution in [2.45, 2.75) is 6.92 Å². The molecule has 4 aromatic rings. The van der Waals surface area contributed by atoms with Gasteiger partial charge in [-0.2, -0.15) is 0 Å². The molecule has 0 fully saturated rings. The first-order valence-corrected chi connectivity index (χ1v) is 8.66. The van der Waals surface area contributed by atoms with Crippen molar-refractivity contribution in [1.29, 1.82) is 0 Å².